The van der Waals surface area contributed by atoms with E-state index in [1.54, 1.807) is 13.0 Å². The van der Waals surface area contributed by atoms with Crippen molar-refractivity contribution in [3.63, 3.8) is 0 Å². The summed E-state index contributed by atoms with van der Waals surface area (Å²) in [4.78, 5) is 143. The molecule has 2 rings (SSSR count). The molecule has 26 heteroatoms. The third-order valence-corrected chi connectivity index (χ3v) is 12.2. The van der Waals surface area contributed by atoms with Gasteiger partial charge in [-0.15, -0.1) is 0 Å². The summed E-state index contributed by atoms with van der Waals surface area (Å²) in [6.45, 7) is 12.3. The standard InChI is InChI=1S/C50H75N13O13/c1-26(24-27(2)38(76-32(7)64)25-33-14-10-9-11-15-33)18-19-34-28(3)41(66)61-37(47(72)73)20-21-39(65)63(8)31(6)44(69)57-30(5)43(68)60-36(17-13-23-56-50(53)54)46(71)62-40(48(74)75)29(4)42(67)59-35(45(70)58-34)16-12-22-55-49(51)52/h9-11,14-15,18-19,24,27-30,34-38,40H,6,12-13,16-17,20-23,25H2,1-5,7-8H3,(H,57,69)(H,58,70)(H,59,67)(H,60,68)(H,61,66)(H,62,71)(H,72,73)(H,74,75)(H4,51,52,55)(H4,53,54,56)/b19-18+,26-24+/t27-,28-,29-,30+,34-,35-,36-,37+,38-,40+/m0/s1. The van der Waals surface area contributed by atoms with Crippen LogP contribution in [0.15, 0.2) is 76.4 Å². The first-order chi connectivity index (χ1) is 35.6. The van der Waals surface area contributed by atoms with E-state index in [1.807, 2.05) is 43.3 Å². The van der Waals surface area contributed by atoms with Crippen LogP contribution in [0.5, 0.6) is 0 Å². The molecular weight excluding hydrogens is 991 g/mol. The van der Waals surface area contributed by atoms with Crippen molar-refractivity contribution in [3.8, 4) is 0 Å². The highest BCUT2D eigenvalue weighted by molar-refractivity contribution is 6.00. The summed E-state index contributed by atoms with van der Waals surface area (Å²) in [7, 11) is 1.18. The molecule has 0 bridgehead atoms. The second kappa shape index (κ2) is 31.4. The lowest BCUT2D eigenvalue weighted by molar-refractivity contribution is -0.148. The zero-order chi connectivity index (χ0) is 57.4. The maximum absolute atomic E-state index is 14.4. The molecule has 1 fully saturated rings. The van der Waals surface area contributed by atoms with Crippen molar-refractivity contribution in [2.45, 2.75) is 129 Å². The Morgan fingerprint density at radius 2 is 1.30 bits per heavy atom. The van der Waals surface area contributed by atoms with Crippen molar-refractivity contribution in [2.75, 3.05) is 20.1 Å². The number of hydrogen-bond donors (Lipinski definition) is 12. The van der Waals surface area contributed by atoms with Gasteiger partial charge in [0.15, 0.2) is 11.9 Å². The Morgan fingerprint density at radius 3 is 1.83 bits per heavy atom. The van der Waals surface area contributed by atoms with Crippen LogP contribution in [0.4, 0.5) is 0 Å². The van der Waals surface area contributed by atoms with E-state index < -0.39 is 132 Å². The number of carbonyl (C=O) groups is 10. The number of hydrogen-bond acceptors (Lipinski definition) is 13. The number of benzene rings is 1. The van der Waals surface area contributed by atoms with Crippen molar-refractivity contribution in [3.05, 3.63) is 72.0 Å². The summed E-state index contributed by atoms with van der Waals surface area (Å²) < 4.78 is 5.67. The van der Waals surface area contributed by atoms with Gasteiger partial charge in [0.1, 0.15) is 42.0 Å². The molecule has 1 saturated heterocycles. The molecule has 1 heterocycles. The van der Waals surface area contributed by atoms with E-state index in [9.17, 15) is 58.2 Å². The number of nitrogens with zero attached hydrogens (tertiary/aromatic N) is 3. The van der Waals surface area contributed by atoms with Crippen LogP contribution in [0.1, 0.15) is 85.6 Å². The molecule has 0 radical (unpaired) electrons. The second-order valence-corrected chi connectivity index (χ2v) is 18.5. The van der Waals surface area contributed by atoms with Crippen molar-refractivity contribution < 1.29 is 62.9 Å². The molecular formula is C50H75N13O13. The minimum absolute atomic E-state index is 0.0160. The third-order valence-electron chi connectivity index (χ3n) is 12.2. The summed E-state index contributed by atoms with van der Waals surface area (Å²) >= 11 is 0. The van der Waals surface area contributed by atoms with E-state index >= 15 is 0 Å². The number of carbonyl (C=O) groups excluding carboxylic acids is 8. The molecule has 10 atom stereocenters. The van der Waals surface area contributed by atoms with Gasteiger partial charge in [-0.3, -0.25) is 48.3 Å². The van der Waals surface area contributed by atoms with Crippen molar-refractivity contribution in [1.29, 1.82) is 0 Å². The Morgan fingerprint density at radius 1 is 0.763 bits per heavy atom. The van der Waals surface area contributed by atoms with Gasteiger partial charge in [-0.1, -0.05) is 81.5 Å². The summed E-state index contributed by atoms with van der Waals surface area (Å²) in [5.41, 5.74) is 22.9. The molecule has 0 unspecified atom stereocenters. The fourth-order valence-corrected chi connectivity index (χ4v) is 7.59. The minimum Gasteiger partial charge on any atom is -0.480 e. The van der Waals surface area contributed by atoms with E-state index in [2.05, 4.69) is 48.5 Å². The van der Waals surface area contributed by atoms with Crippen molar-refractivity contribution in [1.82, 2.24) is 36.8 Å². The van der Waals surface area contributed by atoms with E-state index in [0.29, 0.717) is 12.0 Å². The van der Waals surface area contributed by atoms with Crippen LogP contribution in [0.3, 0.4) is 0 Å². The molecule has 1 aliphatic heterocycles. The Hall–Kier alpha value is -8.32. The lowest BCUT2D eigenvalue weighted by Gasteiger charge is -2.28. The lowest BCUT2D eigenvalue weighted by atomic mass is 9.94. The SMILES string of the molecule is C=C1C(=O)N[C@H](C)C(=O)N[C@@H](CCCN=C(N)N)C(=O)N[C@@H](C(=O)O)[C@H](C)C(=O)N[C@@H](CCCN=C(N)N)C(=O)N[C@@H](/C=C/C(C)=C/[C@H](C)[C@H](Cc2ccccc2)OC(C)=O)[C@H](C)C(=O)N[C@@H](C(=O)O)CCC(=O)N1C. The molecule has 1 aromatic carbocycles. The smallest absolute Gasteiger partial charge is 0.327 e. The summed E-state index contributed by atoms with van der Waals surface area (Å²) in [5.74, 6) is -14.1. The molecule has 418 valence electrons. The average Bonchev–Trinajstić information content (AvgIpc) is 3.35. The Bertz CT molecular complexity index is 2390. The molecule has 76 heavy (non-hydrogen) atoms. The third kappa shape index (κ3) is 22.0. The fraction of sp³-hybridized carbons (Fsp3) is 0.520. The summed E-state index contributed by atoms with van der Waals surface area (Å²) in [6, 6.07) is 0.0760. The first kappa shape index (κ1) is 63.8. The highest BCUT2D eigenvalue weighted by atomic mass is 16.5. The fourth-order valence-electron chi connectivity index (χ4n) is 7.59. The van der Waals surface area contributed by atoms with Gasteiger partial charge in [-0.2, -0.15) is 0 Å². The monoisotopic (exact) mass is 1070 g/mol. The lowest BCUT2D eigenvalue weighted by Crippen LogP contribution is -2.59. The number of aliphatic carboxylic acids is 2. The quantitative estimate of drug-likeness (QED) is 0.0212. The number of likely N-dealkylation sites (N-methyl/N-ethyl adjacent to an activating group) is 1. The number of amides is 7. The number of rotatable bonds is 17. The van der Waals surface area contributed by atoms with Gasteiger partial charge in [0.05, 0.1) is 17.9 Å². The van der Waals surface area contributed by atoms with Gasteiger partial charge in [-0.25, -0.2) is 9.59 Å². The van der Waals surface area contributed by atoms with Gasteiger partial charge in [0.2, 0.25) is 35.4 Å². The number of nitrogens with two attached hydrogens (primary N) is 4. The van der Waals surface area contributed by atoms with Crippen LogP contribution in [-0.4, -0.2) is 149 Å². The number of aliphatic imine (C=N–C) groups is 2. The molecule has 1 aromatic rings. The van der Waals surface area contributed by atoms with Gasteiger partial charge in [0, 0.05) is 45.8 Å². The van der Waals surface area contributed by atoms with Crippen molar-refractivity contribution in [2.24, 2.45) is 50.7 Å². The molecule has 1 aliphatic rings. The number of guanidine groups is 2. The van der Waals surface area contributed by atoms with Gasteiger partial charge in [-0.05, 0) is 51.5 Å². The van der Waals surface area contributed by atoms with Crippen LogP contribution in [-0.2, 0) is 59.1 Å². The minimum atomic E-state index is -1.97. The maximum atomic E-state index is 14.4. The average molecular weight is 1070 g/mol. The van der Waals surface area contributed by atoms with Gasteiger partial charge >= 0.3 is 17.9 Å². The van der Waals surface area contributed by atoms with Crippen LogP contribution < -0.4 is 54.8 Å². The number of nitrogens with one attached hydrogen (secondary N) is 6. The normalized spacial score (nSPS) is 24.1. The topological polar surface area (TPSA) is 425 Å². The van der Waals surface area contributed by atoms with E-state index in [4.69, 9.17) is 27.7 Å². The van der Waals surface area contributed by atoms with Crippen LogP contribution in [0.2, 0.25) is 0 Å². The van der Waals surface area contributed by atoms with Crippen LogP contribution >= 0.6 is 0 Å². The zero-order valence-electron chi connectivity index (χ0n) is 44.0. The highest BCUT2D eigenvalue weighted by Crippen LogP contribution is 2.20. The molecule has 0 saturated carbocycles. The number of carboxylic acid groups (broad SMARTS) is 2. The second-order valence-electron chi connectivity index (χ2n) is 18.5. The number of allylic oxidation sites excluding steroid dienone is 2. The first-order valence-corrected chi connectivity index (χ1v) is 24.6. The Kier molecular flexibility index (Phi) is 26.4. The molecule has 0 aromatic heterocycles. The largest absolute Gasteiger partial charge is 0.480 e. The summed E-state index contributed by atoms with van der Waals surface area (Å²) in [5, 5.41) is 35.3. The molecule has 26 nitrogen and oxygen atoms in total. The molecule has 0 aliphatic carbocycles. The summed E-state index contributed by atoms with van der Waals surface area (Å²) in [6.07, 6.45) is 3.45. The Labute approximate surface area is 441 Å². The number of carboxylic acids is 2. The zero-order valence-corrected chi connectivity index (χ0v) is 44.0. The first-order valence-electron chi connectivity index (χ1n) is 24.6. The molecule has 0 spiro atoms. The molecule has 7 amide bonds. The Balaban J connectivity index is 2.77. The molecule has 16 N–H and O–H groups in total. The van der Waals surface area contributed by atoms with E-state index in [-0.39, 0.29) is 56.6 Å². The van der Waals surface area contributed by atoms with Gasteiger partial charge < -0.3 is 74.7 Å². The van der Waals surface area contributed by atoms with Crippen LogP contribution in [0, 0.1) is 17.8 Å². The van der Waals surface area contributed by atoms with Gasteiger partial charge in [0.25, 0.3) is 5.91 Å². The highest BCUT2D eigenvalue weighted by Gasteiger charge is 2.37. The number of ether oxygens (including phenoxy) is 1. The predicted octanol–water partition coefficient (Wildman–Crippen LogP) is -1.46. The predicted molar refractivity (Wildman–Crippen MR) is 280 cm³/mol. The van der Waals surface area contributed by atoms with Crippen LogP contribution in [0.25, 0.3) is 0 Å². The van der Waals surface area contributed by atoms with Crippen molar-refractivity contribution >= 4 is 71.2 Å². The maximum Gasteiger partial charge on any atom is 0.327 e. The van der Waals surface area contributed by atoms with E-state index in [1.165, 1.54) is 40.8 Å². The number of esters is 1. The van der Waals surface area contributed by atoms with E-state index in [0.717, 1.165) is 10.5 Å².